The molecular formula is C41H68NO9P. The van der Waals surface area contributed by atoms with Crippen LogP contribution in [0.4, 0.5) is 0 Å². The molecule has 1 unspecified atom stereocenters. The van der Waals surface area contributed by atoms with Crippen LogP contribution in [0, 0.1) is 0 Å². The van der Waals surface area contributed by atoms with E-state index in [9.17, 15) is 23.8 Å². The van der Waals surface area contributed by atoms with Crippen LogP contribution in [-0.2, 0) is 37.5 Å². The van der Waals surface area contributed by atoms with Crippen molar-refractivity contribution in [1.82, 2.24) is 0 Å². The van der Waals surface area contributed by atoms with Crippen molar-refractivity contribution in [2.24, 2.45) is 5.73 Å². The molecule has 0 amide bonds. The first-order valence-electron chi connectivity index (χ1n) is 19.4. The summed E-state index contributed by atoms with van der Waals surface area (Å²) in [6, 6.07) is 0. The Labute approximate surface area is 314 Å². The first-order chi connectivity index (χ1) is 25.2. The Bertz CT molecular complexity index is 1140. The lowest BCUT2D eigenvalue weighted by Gasteiger charge is -2.19. The number of esters is 2. The van der Waals surface area contributed by atoms with Crippen LogP contribution in [0.25, 0.3) is 0 Å². The molecule has 52 heavy (non-hydrogen) atoms. The molecule has 0 heterocycles. The van der Waals surface area contributed by atoms with Gasteiger partial charge in [-0.1, -0.05) is 113 Å². The summed E-state index contributed by atoms with van der Waals surface area (Å²) in [6.45, 7) is 3.34. The van der Waals surface area contributed by atoms with Crippen LogP contribution in [0.3, 0.4) is 0 Å². The number of ketones is 1. The first-order valence-corrected chi connectivity index (χ1v) is 20.9. The lowest BCUT2D eigenvalue weighted by molar-refractivity contribution is -0.161. The van der Waals surface area contributed by atoms with E-state index in [0.717, 1.165) is 70.6 Å². The maximum Gasteiger partial charge on any atom is 0.472 e. The summed E-state index contributed by atoms with van der Waals surface area (Å²) in [7, 11) is -4.42. The second-order valence-corrected chi connectivity index (χ2v) is 13.9. The third kappa shape index (κ3) is 35.5. The molecule has 3 N–H and O–H groups in total. The van der Waals surface area contributed by atoms with Gasteiger partial charge in [0.2, 0.25) is 0 Å². The minimum absolute atomic E-state index is 0.0252. The van der Waals surface area contributed by atoms with E-state index in [2.05, 4.69) is 68.5 Å². The average Bonchev–Trinajstić information content (AvgIpc) is 3.12. The van der Waals surface area contributed by atoms with E-state index >= 15 is 0 Å². The predicted octanol–water partition coefficient (Wildman–Crippen LogP) is 9.89. The van der Waals surface area contributed by atoms with Gasteiger partial charge in [0.25, 0.3) is 0 Å². The third-order valence-corrected chi connectivity index (χ3v) is 8.54. The molecule has 0 radical (unpaired) electrons. The Hall–Kier alpha value is -2.88. The van der Waals surface area contributed by atoms with Crippen LogP contribution in [0.2, 0.25) is 0 Å². The van der Waals surface area contributed by atoms with Gasteiger partial charge in [0.15, 0.2) is 11.9 Å². The Kier molecular flexibility index (Phi) is 34.5. The highest BCUT2D eigenvalue weighted by Gasteiger charge is 2.25. The molecule has 0 aromatic carbocycles. The Morgan fingerprint density at radius 2 is 1.23 bits per heavy atom. The number of hydrogen-bond donors (Lipinski definition) is 2. The van der Waals surface area contributed by atoms with Crippen LogP contribution in [0.1, 0.15) is 136 Å². The molecule has 0 aliphatic carbocycles. The van der Waals surface area contributed by atoms with Crippen molar-refractivity contribution in [3.05, 3.63) is 72.9 Å². The summed E-state index contributed by atoms with van der Waals surface area (Å²) in [5.74, 6) is -0.863. The number of nitrogens with two attached hydrogens (primary N) is 1. The first kappa shape index (κ1) is 49.1. The van der Waals surface area contributed by atoms with Crippen molar-refractivity contribution in [2.45, 2.75) is 142 Å². The summed E-state index contributed by atoms with van der Waals surface area (Å²) in [5, 5.41) is 0. The van der Waals surface area contributed by atoms with Gasteiger partial charge < -0.3 is 20.1 Å². The predicted molar refractivity (Wildman–Crippen MR) is 211 cm³/mol. The van der Waals surface area contributed by atoms with Gasteiger partial charge in [0.1, 0.15) is 6.61 Å². The third-order valence-electron chi connectivity index (χ3n) is 7.55. The van der Waals surface area contributed by atoms with E-state index in [1.165, 1.54) is 19.3 Å². The van der Waals surface area contributed by atoms with E-state index in [1.807, 2.05) is 12.2 Å². The van der Waals surface area contributed by atoms with Crippen LogP contribution < -0.4 is 5.73 Å². The van der Waals surface area contributed by atoms with Gasteiger partial charge in [0, 0.05) is 25.8 Å². The summed E-state index contributed by atoms with van der Waals surface area (Å²) in [5.41, 5.74) is 5.32. The van der Waals surface area contributed by atoms with Gasteiger partial charge in [-0.05, 0) is 76.7 Å². The summed E-state index contributed by atoms with van der Waals surface area (Å²) >= 11 is 0. The van der Waals surface area contributed by atoms with Crippen molar-refractivity contribution in [3.8, 4) is 0 Å². The number of ether oxygens (including phenoxy) is 2. The number of carbonyl (C=O) groups excluding carboxylic acids is 3. The normalized spacial score (nSPS) is 14.1. The van der Waals surface area contributed by atoms with Crippen LogP contribution >= 0.6 is 7.82 Å². The highest BCUT2D eigenvalue weighted by atomic mass is 31.2. The molecular weight excluding hydrogens is 681 g/mol. The Balaban J connectivity index is 4.39. The number of phosphoric ester groups is 1. The summed E-state index contributed by atoms with van der Waals surface area (Å²) in [6.07, 6.45) is 39.0. The molecule has 0 aliphatic heterocycles. The van der Waals surface area contributed by atoms with Crippen molar-refractivity contribution >= 4 is 25.5 Å². The smallest absolute Gasteiger partial charge is 0.462 e. The maximum absolute atomic E-state index is 12.5. The molecule has 0 rings (SSSR count). The zero-order valence-electron chi connectivity index (χ0n) is 32.0. The van der Waals surface area contributed by atoms with Crippen molar-refractivity contribution < 1.29 is 42.4 Å². The monoisotopic (exact) mass is 749 g/mol. The zero-order valence-corrected chi connectivity index (χ0v) is 32.9. The highest BCUT2D eigenvalue weighted by molar-refractivity contribution is 7.47. The molecule has 0 aromatic rings. The fourth-order valence-electron chi connectivity index (χ4n) is 4.66. The van der Waals surface area contributed by atoms with Gasteiger partial charge in [-0.25, -0.2) is 4.57 Å². The molecule has 0 saturated heterocycles. The van der Waals surface area contributed by atoms with E-state index in [0.29, 0.717) is 19.3 Å². The number of unbranched alkanes of at least 4 members (excludes halogenated alkanes) is 9. The fourth-order valence-corrected chi connectivity index (χ4v) is 5.43. The number of rotatable bonds is 35. The lowest BCUT2D eigenvalue weighted by Crippen LogP contribution is -2.29. The molecule has 10 nitrogen and oxygen atoms in total. The maximum atomic E-state index is 12.5. The number of phosphoric acid groups is 1. The lowest BCUT2D eigenvalue weighted by atomic mass is 10.1. The standard InChI is InChI=1S/C41H68NO9P/c1-3-5-7-9-11-12-13-14-15-16-17-18-20-24-29-33-41(45)51-39(37-50-52(46,47)49-35-34-42)36-48-40(44)32-28-25-21-23-27-31-38(43)30-26-22-19-10-8-6-4-2/h5,7,11-12,14-15,17-19,22,26,30,39H,3-4,6,8-10,13,16,20-21,23-25,27-29,31-37,42H2,1-2H3,(H,46,47)/b7-5-,12-11-,15-14-,18-17-,22-19-,30-26+/t39-/m1/s1. The number of allylic oxidation sites excluding steroid dienone is 12. The van der Waals surface area contributed by atoms with E-state index in [4.69, 9.17) is 24.3 Å². The molecule has 0 aliphatic rings. The molecule has 0 bridgehead atoms. The molecule has 0 fully saturated rings. The molecule has 0 spiro atoms. The van der Waals surface area contributed by atoms with E-state index in [-0.39, 0.29) is 38.4 Å². The second-order valence-electron chi connectivity index (χ2n) is 12.4. The van der Waals surface area contributed by atoms with Crippen molar-refractivity contribution in [2.75, 3.05) is 26.4 Å². The number of carbonyl (C=O) groups is 3. The summed E-state index contributed by atoms with van der Waals surface area (Å²) < 4.78 is 32.5. The van der Waals surface area contributed by atoms with Crippen molar-refractivity contribution in [1.29, 1.82) is 0 Å². The SMILES string of the molecule is CC/C=C\C/C=C\C/C=C\C/C=C\CCCCC(=O)O[C@H](COC(=O)CCCCCCCC(=O)/C=C/C=C\CCCCC)COP(=O)(O)OCCN. The van der Waals surface area contributed by atoms with Gasteiger partial charge in [0.05, 0.1) is 13.2 Å². The van der Waals surface area contributed by atoms with Gasteiger partial charge >= 0.3 is 19.8 Å². The van der Waals surface area contributed by atoms with Gasteiger partial charge in [-0.15, -0.1) is 0 Å². The van der Waals surface area contributed by atoms with Crippen LogP contribution in [-0.4, -0.2) is 55.1 Å². The van der Waals surface area contributed by atoms with E-state index < -0.39 is 32.5 Å². The minimum Gasteiger partial charge on any atom is -0.462 e. The molecule has 296 valence electrons. The fraction of sp³-hybridized carbons (Fsp3) is 0.634. The average molecular weight is 750 g/mol. The molecule has 2 atom stereocenters. The second kappa shape index (κ2) is 36.5. The highest BCUT2D eigenvalue weighted by Crippen LogP contribution is 2.43. The number of hydrogen-bond acceptors (Lipinski definition) is 9. The van der Waals surface area contributed by atoms with Gasteiger partial charge in [-0.3, -0.25) is 23.4 Å². The molecule has 0 aromatic heterocycles. The molecule has 11 heteroatoms. The zero-order chi connectivity index (χ0) is 38.4. The summed E-state index contributed by atoms with van der Waals surface area (Å²) in [4.78, 5) is 46.7. The quantitative estimate of drug-likeness (QED) is 0.0160. The minimum atomic E-state index is -4.42. The van der Waals surface area contributed by atoms with Crippen LogP contribution in [0.15, 0.2) is 72.9 Å². The van der Waals surface area contributed by atoms with Gasteiger partial charge in [-0.2, -0.15) is 0 Å². The van der Waals surface area contributed by atoms with Crippen molar-refractivity contribution in [3.63, 3.8) is 0 Å². The van der Waals surface area contributed by atoms with E-state index in [1.54, 1.807) is 6.08 Å². The largest absolute Gasteiger partial charge is 0.472 e. The van der Waals surface area contributed by atoms with Crippen LogP contribution in [0.5, 0.6) is 0 Å². The topological polar surface area (TPSA) is 151 Å². The molecule has 0 saturated carbocycles. The Morgan fingerprint density at radius 3 is 1.90 bits per heavy atom. The Morgan fingerprint density at radius 1 is 0.654 bits per heavy atom.